The van der Waals surface area contributed by atoms with Crippen LogP contribution in [0.3, 0.4) is 0 Å². The topological polar surface area (TPSA) is 61.8 Å². The highest BCUT2D eigenvalue weighted by atomic mass is 16.5. The number of carbonyl (C=O) groups excluding carboxylic acids is 2. The fourth-order valence-corrected chi connectivity index (χ4v) is 3.39. The van der Waals surface area contributed by atoms with Crippen LogP contribution >= 0.6 is 0 Å². The minimum atomic E-state index is -0.484. The van der Waals surface area contributed by atoms with Crippen molar-refractivity contribution in [3.63, 3.8) is 0 Å². The van der Waals surface area contributed by atoms with E-state index in [-0.39, 0.29) is 5.97 Å². The Kier molecular flexibility index (Phi) is 13.3. The molecule has 0 amide bonds. The lowest BCUT2D eigenvalue weighted by Gasteiger charge is -2.11. The molecule has 0 heterocycles. The molecule has 1 atom stereocenters. The number of allylic oxidation sites excluding steroid dienone is 1. The van der Waals surface area contributed by atoms with Crippen LogP contribution in [-0.2, 0) is 4.74 Å². The van der Waals surface area contributed by atoms with Crippen molar-refractivity contribution in [3.8, 4) is 11.5 Å². The first-order chi connectivity index (χ1) is 17.0. The fourth-order valence-electron chi connectivity index (χ4n) is 3.39. The number of benzene rings is 2. The monoisotopic (exact) mass is 480 g/mol. The van der Waals surface area contributed by atoms with Gasteiger partial charge in [0.15, 0.2) is 0 Å². The number of unbranched alkanes of at least 4 members (excludes halogenated alkanes) is 7. The van der Waals surface area contributed by atoms with Gasteiger partial charge in [-0.05, 0) is 73.7 Å². The first-order valence-corrected chi connectivity index (χ1v) is 12.9. The summed E-state index contributed by atoms with van der Waals surface area (Å²) in [6.45, 7) is 9.07. The van der Waals surface area contributed by atoms with Crippen molar-refractivity contribution in [1.29, 1.82) is 0 Å². The summed E-state index contributed by atoms with van der Waals surface area (Å²) in [5, 5.41) is 0. The van der Waals surface area contributed by atoms with Crippen molar-refractivity contribution >= 4 is 11.9 Å². The molecule has 2 rings (SSSR count). The molecule has 2 aromatic carbocycles. The molecule has 0 aliphatic carbocycles. The molecule has 0 bridgehead atoms. The second kappa shape index (κ2) is 16.5. The molecule has 0 unspecified atom stereocenters. The van der Waals surface area contributed by atoms with E-state index in [1.807, 2.05) is 6.08 Å². The number of ether oxygens (including phenoxy) is 3. The summed E-state index contributed by atoms with van der Waals surface area (Å²) in [5.74, 6) is 0.809. The summed E-state index contributed by atoms with van der Waals surface area (Å²) in [5.41, 5.74) is 0.790. The van der Waals surface area contributed by atoms with Crippen LogP contribution < -0.4 is 9.47 Å². The first-order valence-electron chi connectivity index (χ1n) is 12.9. The highest BCUT2D eigenvalue weighted by molar-refractivity contribution is 5.94. The summed E-state index contributed by atoms with van der Waals surface area (Å²) >= 11 is 0. The Labute approximate surface area is 210 Å². The highest BCUT2D eigenvalue weighted by Gasteiger charge is 2.12. The number of rotatable bonds is 17. The van der Waals surface area contributed by atoms with Gasteiger partial charge < -0.3 is 14.2 Å². The van der Waals surface area contributed by atoms with Crippen molar-refractivity contribution < 1.29 is 23.8 Å². The summed E-state index contributed by atoms with van der Waals surface area (Å²) in [6.07, 6.45) is 12.2. The average Bonchev–Trinajstić information content (AvgIpc) is 2.89. The van der Waals surface area contributed by atoms with Gasteiger partial charge in [-0.25, -0.2) is 9.59 Å². The predicted molar refractivity (Wildman–Crippen MR) is 140 cm³/mol. The Morgan fingerprint density at radius 3 is 1.94 bits per heavy atom. The molecule has 0 spiro atoms. The summed E-state index contributed by atoms with van der Waals surface area (Å²) < 4.78 is 16.5. The lowest BCUT2D eigenvalue weighted by atomic mass is 10.1. The van der Waals surface area contributed by atoms with Gasteiger partial charge in [-0.2, -0.15) is 0 Å². The molecule has 0 saturated heterocycles. The lowest BCUT2D eigenvalue weighted by molar-refractivity contribution is 0.0497. The smallest absolute Gasteiger partial charge is 0.343 e. The van der Waals surface area contributed by atoms with E-state index in [2.05, 4.69) is 20.4 Å². The maximum absolute atomic E-state index is 12.4. The Hall–Kier alpha value is -3.08. The average molecular weight is 481 g/mol. The van der Waals surface area contributed by atoms with Crippen molar-refractivity contribution in [2.45, 2.75) is 71.6 Å². The van der Waals surface area contributed by atoms with E-state index in [4.69, 9.17) is 14.2 Å². The van der Waals surface area contributed by atoms with Gasteiger partial charge in [0, 0.05) is 0 Å². The van der Waals surface area contributed by atoms with Gasteiger partial charge in [0.2, 0.25) is 0 Å². The van der Waals surface area contributed by atoms with Crippen molar-refractivity contribution in [1.82, 2.24) is 0 Å². The molecule has 0 aliphatic heterocycles. The van der Waals surface area contributed by atoms with Gasteiger partial charge in [0.25, 0.3) is 0 Å². The van der Waals surface area contributed by atoms with Crippen LogP contribution in [0.5, 0.6) is 11.5 Å². The van der Waals surface area contributed by atoms with Gasteiger partial charge >= 0.3 is 11.9 Å². The normalized spacial score (nSPS) is 11.5. The largest absolute Gasteiger partial charge is 0.493 e. The molecule has 0 saturated carbocycles. The van der Waals surface area contributed by atoms with Gasteiger partial charge in [0.1, 0.15) is 11.5 Å². The molecule has 0 aliphatic rings. The van der Waals surface area contributed by atoms with E-state index < -0.39 is 5.97 Å². The van der Waals surface area contributed by atoms with Crippen LogP contribution in [0.25, 0.3) is 0 Å². The first kappa shape index (κ1) is 28.2. The van der Waals surface area contributed by atoms with E-state index in [9.17, 15) is 9.59 Å². The fraction of sp³-hybridized carbons (Fsp3) is 0.467. The van der Waals surface area contributed by atoms with Gasteiger partial charge in [-0.1, -0.05) is 58.4 Å². The van der Waals surface area contributed by atoms with Crippen LogP contribution in [0.1, 0.15) is 92.4 Å². The molecule has 35 heavy (non-hydrogen) atoms. The Morgan fingerprint density at radius 1 is 0.800 bits per heavy atom. The third kappa shape index (κ3) is 11.3. The standard InChI is InChI=1S/C30H40O5/c1-4-6-7-8-9-10-11-12-13-22-33-29(31)25-14-16-26(17-15-25)30(32)35-28-20-18-27(19-21-28)34-23-24(3)5-2/h4,14-21,24H,1,5-13,22-23H2,2-3H3/t24-/m1/s1. The summed E-state index contributed by atoms with van der Waals surface area (Å²) in [7, 11) is 0. The van der Waals surface area contributed by atoms with Crippen molar-refractivity contribution in [2.75, 3.05) is 13.2 Å². The molecule has 0 radical (unpaired) electrons. The molecule has 5 nitrogen and oxygen atoms in total. The predicted octanol–water partition coefficient (Wildman–Crippen LogP) is 7.79. The highest BCUT2D eigenvalue weighted by Crippen LogP contribution is 2.20. The summed E-state index contributed by atoms with van der Waals surface area (Å²) in [6, 6.07) is 13.3. The Morgan fingerprint density at radius 2 is 1.34 bits per heavy atom. The molecular weight excluding hydrogens is 440 g/mol. The van der Waals surface area contributed by atoms with E-state index in [1.54, 1.807) is 48.5 Å². The maximum Gasteiger partial charge on any atom is 0.343 e. The molecule has 5 heteroatoms. The Bertz CT molecular complexity index is 886. The second-order valence-corrected chi connectivity index (χ2v) is 8.95. The Balaban J connectivity index is 1.68. The van der Waals surface area contributed by atoms with Crippen molar-refractivity contribution in [2.24, 2.45) is 5.92 Å². The second-order valence-electron chi connectivity index (χ2n) is 8.95. The molecule has 0 aromatic heterocycles. The van der Waals surface area contributed by atoms with E-state index in [0.29, 0.717) is 36.0 Å². The van der Waals surface area contributed by atoms with Crippen LogP contribution in [-0.4, -0.2) is 25.2 Å². The van der Waals surface area contributed by atoms with Crippen LogP contribution in [0.4, 0.5) is 0 Å². The van der Waals surface area contributed by atoms with Crippen LogP contribution in [0.15, 0.2) is 61.2 Å². The quantitative estimate of drug-likeness (QED) is 0.100. The zero-order valence-electron chi connectivity index (χ0n) is 21.3. The molecular formula is C30H40O5. The minimum Gasteiger partial charge on any atom is -0.493 e. The summed E-state index contributed by atoms with van der Waals surface area (Å²) in [4.78, 5) is 24.7. The lowest BCUT2D eigenvalue weighted by Crippen LogP contribution is -2.10. The SMILES string of the molecule is C=CCCCCCCCCCOC(=O)c1ccc(C(=O)Oc2ccc(OC[C@H](C)CC)cc2)cc1. The van der Waals surface area contributed by atoms with Crippen LogP contribution in [0.2, 0.25) is 0 Å². The molecule has 190 valence electrons. The number of esters is 2. The molecule has 0 N–H and O–H groups in total. The number of carbonyl (C=O) groups is 2. The zero-order chi connectivity index (χ0) is 25.3. The van der Waals surface area contributed by atoms with E-state index in [1.165, 1.54) is 25.7 Å². The van der Waals surface area contributed by atoms with Gasteiger partial charge in [-0.15, -0.1) is 6.58 Å². The van der Waals surface area contributed by atoms with E-state index >= 15 is 0 Å². The van der Waals surface area contributed by atoms with Crippen molar-refractivity contribution in [3.05, 3.63) is 72.3 Å². The van der Waals surface area contributed by atoms with Gasteiger partial charge in [0.05, 0.1) is 24.3 Å². The number of hydrogen-bond donors (Lipinski definition) is 0. The molecule has 0 fully saturated rings. The van der Waals surface area contributed by atoms with E-state index in [0.717, 1.165) is 37.9 Å². The zero-order valence-corrected chi connectivity index (χ0v) is 21.3. The molecule has 2 aromatic rings. The van der Waals surface area contributed by atoms with Gasteiger partial charge in [-0.3, -0.25) is 0 Å². The third-order valence-electron chi connectivity index (χ3n) is 5.91. The number of hydrogen-bond acceptors (Lipinski definition) is 5. The maximum atomic E-state index is 12.4. The minimum absolute atomic E-state index is 0.367. The van der Waals surface area contributed by atoms with Crippen LogP contribution in [0, 0.1) is 5.92 Å². The third-order valence-corrected chi connectivity index (χ3v) is 5.91.